The molecule has 1 atom stereocenters. The number of sulfonamides is 1. The zero-order valence-electron chi connectivity index (χ0n) is 17.5. The molecule has 0 bridgehead atoms. The highest BCUT2D eigenvalue weighted by Gasteiger charge is 2.39. The maximum Gasteiger partial charge on any atom is 0.404 e. The molecule has 0 amide bonds. The lowest BCUT2D eigenvalue weighted by Gasteiger charge is -2.17. The Balaban J connectivity index is 1.87. The van der Waals surface area contributed by atoms with Gasteiger partial charge in [-0.15, -0.1) is 0 Å². The molecule has 2 aromatic carbocycles. The second kappa shape index (κ2) is 8.76. The number of para-hydroxylation sites is 1. The maximum atomic E-state index is 12.8. The third-order valence-corrected chi connectivity index (χ3v) is 6.93. The van der Waals surface area contributed by atoms with Crippen LogP contribution in [0.1, 0.15) is 12.5 Å². The first kappa shape index (κ1) is 23.8. The summed E-state index contributed by atoms with van der Waals surface area (Å²) in [7, 11) is -4.47. The van der Waals surface area contributed by atoms with Gasteiger partial charge in [-0.25, -0.2) is 8.42 Å². The molecule has 34 heavy (non-hydrogen) atoms. The van der Waals surface area contributed by atoms with Gasteiger partial charge in [0.1, 0.15) is 17.0 Å². The van der Waals surface area contributed by atoms with Crippen molar-refractivity contribution in [1.29, 1.82) is 5.26 Å². The fraction of sp³-hybridized carbons (Fsp3) is 0.130. The molecule has 0 aliphatic heterocycles. The number of benzene rings is 2. The molecule has 2 aromatic heterocycles. The number of hydrogen-bond donors (Lipinski definition) is 1. The topological polar surface area (TPSA) is 87.8 Å². The van der Waals surface area contributed by atoms with Crippen LogP contribution in [0.15, 0.2) is 71.8 Å². The van der Waals surface area contributed by atoms with Gasteiger partial charge >= 0.3 is 6.18 Å². The second-order valence-corrected chi connectivity index (χ2v) is 9.58. The average molecular weight is 505 g/mol. The van der Waals surface area contributed by atoms with Crippen molar-refractivity contribution in [3.63, 3.8) is 0 Å². The van der Waals surface area contributed by atoms with E-state index in [-0.39, 0.29) is 11.3 Å². The minimum atomic E-state index is -4.74. The Morgan fingerprint density at radius 3 is 2.41 bits per heavy atom. The van der Waals surface area contributed by atoms with Crippen LogP contribution < -0.4 is 4.72 Å². The third-order valence-electron chi connectivity index (χ3n) is 5.17. The highest BCUT2D eigenvalue weighted by Crippen LogP contribution is 2.36. The van der Waals surface area contributed by atoms with Crippen molar-refractivity contribution >= 4 is 32.5 Å². The zero-order valence-corrected chi connectivity index (χ0v) is 19.1. The Bertz CT molecular complexity index is 1510. The lowest BCUT2D eigenvalue weighted by Crippen LogP contribution is -2.42. The predicted octanol–water partition coefficient (Wildman–Crippen LogP) is 5.45. The lowest BCUT2D eigenvalue weighted by atomic mass is 10.1. The SMILES string of the molecule is CC(NS(=O)(=O)c1ccc(-c2c(C#N)c3cc(Cl)ccc3n2-c2ccccc2)nc1)C(F)(F)F. The Morgan fingerprint density at radius 2 is 1.82 bits per heavy atom. The molecule has 1 unspecified atom stereocenters. The van der Waals surface area contributed by atoms with Gasteiger partial charge in [0.2, 0.25) is 10.0 Å². The number of aromatic nitrogens is 2. The molecular weight excluding hydrogens is 489 g/mol. The second-order valence-electron chi connectivity index (χ2n) is 7.43. The fourth-order valence-electron chi connectivity index (χ4n) is 3.51. The Morgan fingerprint density at radius 1 is 1.12 bits per heavy atom. The summed E-state index contributed by atoms with van der Waals surface area (Å²) >= 11 is 6.16. The van der Waals surface area contributed by atoms with Gasteiger partial charge in [0.05, 0.1) is 22.5 Å². The van der Waals surface area contributed by atoms with E-state index in [4.69, 9.17) is 11.6 Å². The molecule has 11 heteroatoms. The van der Waals surface area contributed by atoms with Crippen LogP contribution in [0.2, 0.25) is 5.02 Å². The van der Waals surface area contributed by atoms with Crippen LogP contribution in [0.25, 0.3) is 28.0 Å². The van der Waals surface area contributed by atoms with Crippen molar-refractivity contribution in [2.24, 2.45) is 0 Å². The number of nitriles is 1. The van der Waals surface area contributed by atoms with Crippen LogP contribution >= 0.6 is 11.6 Å². The first-order chi connectivity index (χ1) is 16.0. The van der Waals surface area contributed by atoms with Crippen LogP contribution in [-0.4, -0.2) is 30.2 Å². The van der Waals surface area contributed by atoms with Gasteiger partial charge in [-0.2, -0.15) is 23.2 Å². The zero-order chi connectivity index (χ0) is 24.7. The average Bonchev–Trinajstić information content (AvgIpc) is 3.12. The number of halogens is 4. The van der Waals surface area contributed by atoms with Gasteiger partial charge in [0.15, 0.2) is 0 Å². The summed E-state index contributed by atoms with van der Waals surface area (Å²) in [5.74, 6) is 0. The number of nitrogens with zero attached hydrogens (tertiary/aromatic N) is 3. The molecule has 0 fully saturated rings. The Kier molecular flexibility index (Phi) is 6.12. The summed E-state index contributed by atoms with van der Waals surface area (Å²) in [4.78, 5) is 3.76. The van der Waals surface area contributed by atoms with Crippen LogP contribution in [0.5, 0.6) is 0 Å². The van der Waals surface area contributed by atoms with Gasteiger partial charge < -0.3 is 4.57 Å². The van der Waals surface area contributed by atoms with Crippen molar-refractivity contribution in [2.75, 3.05) is 0 Å². The summed E-state index contributed by atoms with van der Waals surface area (Å²) in [6, 6.07) is 16.6. The number of rotatable bonds is 5. The minimum absolute atomic E-state index is 0.260. The molecule has 0 spiro atoms. The molecule has 0 aliphatic rings. The van der Waals surface area contributed by atoms with E-state index in [1.807, 2.05) is 30.3 Å². The quantitative estimate of drug-likeness (QED) is 0.391. The number of alkyl halides is 3. The van der Waals surface area contributed by atoms with Crippen LogP contribution in [0.3, 0.4) is 0 Å². The van der Waals surface area contributed by atoms with E-state index in [0.717, 1.165) is 18.0 Å². The van der Waals surface area contributed by atoms with Crippen LogP contribution in [0, 0.1) is 11.3 Å². The van der Waals surface area contributed by atoms with Crippen molar-refractivity contribution in [3.8, 4) is 23.1 Å². The summed E-state index contributed by atoms with van der Waals surface area (Å²) in [6.07, 6.45) is -3.78. The molecule has 0 radical (unpaired) electrons. The molecular formula is C23H16ClF3N4O2S. The van der Waals surface area contributed by atoms with Gasteiger partial charge in [-0.3, -0.25) is 4.98 Å². The van der Waals surface area contributed by atoms with Gasteiger partial charge in [0, 0.05) is 22.3 Å². The first-order valence-electron chi connectivity index (χ1n) is 9.88. The number of pyridine rings is 1. The van der Waals surface area contributed by atoms with E-state index in [2.05, 4.69) is 11.1 Å². The normalized spacial score (nSPS) is 13.1. The van der Waals surface area contributed by atoms with Crippen LogP contribution in [0.4, 0.5) is 13.2 Å². The lowest BCUT2D eigenvalue weighted by molar-refractivity contribution is -0.147. The molecule has 174 valence electrons. The van der Waals surface area contributed by atoms with Gasteiger partial charge in [-0.05, 0) is 49.4 Å². The Labute approximate surface area is 198 Å². The molecule has 4 aromatic rings. The predicted molar refractivity (Wildman–Crippen MR) is 122 cm³/mol. The van der Waals surface area contributed by atoms with E-state index >= 15 is 0 Å². The number of fused-ring (bicyclic) bond motifs is 1. The highest BCUT2D eigenvalue weighted by molar-refractivity contribution is 7.89. The van der Waals surface area contributed by atoms with Crippen LogP contribution in [-0.2, 0) is 10.0 Å². The van der Waals surface area contributed by atoms with E-state index in [1.54, 1.807) is 27.5 Å². The molecule has 1 N–H and O–H groups in total. The molecule has 0 aliphatic carbocycles. The standard InChI is InChI=1S/C23H16ClF3N4O2S/c1-14(23(25,26)27)30-34(32,33)17-8-9-20(29-13-17)22-19(12-28)18-11-15(24)7-10-21(18)31(22)16-5-3-2-4-6-16/h2-11,13-14,30H,1H3. The van der Waals surface area contributed by atoms with Gasteiger partial charge in [0.25, 0.3) is 0 Å². The largest absolute Gasteiger partial charge is 0.404 e. The van der Waals surface area contributed by atoms with E-state index in [9.17, 15) is 26.9 Å². The fourth-order valence-corrected chi connectivity index (χ4v) is 4.86. The molecule has 0 saturated carbocycles. The maximum absolute atomic E-state index is 12.8. The first-order valence-corrected chi connectivity index (χ1v) is 11.7. The van der Waals surface area contributed by atoms with Crippen molar-refractivity contribution in [3.05, 3.63) is 77.4 Å². The van der Waals surface area contributed by atoms with E-state index in [1.165, 1.54) is 6.07 Å². The van der Waals surface area contributed by atoms with Crippen molar-refractivity contribution < 1.29 is 21.6 Å². The van der Waals surface area contributed by atoms with Crippen molar-refractivity contribution in [1.82, 2.24) is 14.3 Å². The minimum Gasteiger partial charge on any atom is -0.307 e. The van der Waals surface area contributed by atoms with Gasteiger partial charge in [-0.1, -0.05) is 29.8 Å². The Hall–Kier alpha value is -3.39. The number of hydrogen-bond acceptors (Lipinski definition) is 4. The van der Waals surface area contributed by atoms with E-state index in [0.29, 0.717) is 28.5 Å². The summed E-state index contributed by atoms with van der Waals surface area (Å²) in [5.41, 5.74) is 2.34. The number of nitrogens with one attached hydrogen (secondary N) is 1. The van der Waals surface area contributed by atoms with Crippen molar-refractivity contribution in [2.45, 2.75) is 24.0 Å². The molecule has 0 saturated heterocycles. The summed E-state index contributed by atoms with van der Waals surface area (Å²) in [5, 5.41) is 10.9. The third kappa shape index (κ3) is 4.37. The van der Waals surface area contributed by atoms with E-state index < -0.39 is 27.1 Å². The highest BCUT2D eigenvalue weighted by atomic mass is 35.5. The summed E-state index contributed by atoms with van der Waals surface area (Å²) < 4.78 is 66.6. The molecule has 2 heterocycles. The summed E-state index contributed by atoms with van der Waals surface area (Å²) in [6.45, 7) is 0.710. The monoisotopic (exact) mass is 504 g/mol. The smallest absolute Gasteiger partial charge is 0.307 e. The molecule has 6 nitrogen and oxygen atoms in total. The molecule has 4 rings (SSSR count).